The fourth-order valence-corrected chi connectivity index (χ4v) is 3.29. The highest BCUT2D eigenvalue weighted by Crippen LogP contribution is 2.30. The number of nitrogen functional groups attached to an aromatic ring is 1. The molecule has 136 valence electrons. The van der Waals surface area contributed by atoms with E-state index in [0.29, 0.717) is 24.1 Å². The minimum Gasteiger partial charge on any atom is -0.480 e. The van der Waals surface area contributed by atoms with Crippen molar-refractivity contribution in [2.75, 3.05) is 19.5 Å². The lowest BCUT2D eigenvalue weighted by Gasteiger charge is -2.16. The first-order valence-corrected chi connectivity index (χ1v) is 12.3. The largest absolute Gasteiger partial charge is 0.480 e. The molecular weight excluding hydrogens is 344 g/mol. The van der Waals surface area contributed by atoms with Crippen molar-refractivity contribution < 1.29 is 9.47 Å². The van der Waals surface area contributed by atoms with Crippen molar-refractivity contribution in [1.82, 2.24) is 15.0 Å². The molecule has 0 bridgehead atoms. The lowest BCUT2D eigenvalue weighted by Crippen LogP contribution is -2.22. The van der Waals surface area contributed by atoms with Crippen molar-refractivity contribution in [2.45, 2.75) is 25.7 Å². The standard InChI is InChI=1S/C19H24N4O2Si/c1-24-19-16(20)10-14(11-21-19)13-5-6-17-15(9-13)18(23-12-22-17)25-7-8-26(2,3)4/h5-6,9-12H,7-8,20H2,1-4H3. The van der Waals surface area contributed by atoms with Gasteiger partial charge in [0.15, 0.2) is 0 Å². The second-order valence-electron chi connectivity index (χ2n) is 7.39. The van der Waals surface area contributed by atoms with Gasteiger partial charge in [-0.3, -0.25) is 0 Å². The molecule has 3 rings (SSSR count). The third kappa shape index (κ3) is 4.11. The number of nitrogens with zero attached hydrogens (tertiary/aromatic N) is 3. The third-order valence-corrected chi connectivity index (χ3v) is 5.80. The van der Waals surface area contributed by atoms with E-state index in [1.165, 1.54) is 0 Å². The van der Waals surface area contributed by atoms with Gasteiger partial charge in [0, 0.05) is 19.8 Å². The van der Waals surface area contributed by atoms with Gasteiger partial charge in [-0.05, 0) is 29.8 Å². The minimum absolute atomic E-state index is 0.424. The summed E-state index contributed by atoms with van der Waals surface area (Å²) in [4.78, 5) is 12.9. The molecule has 6 nitrogen and oxygen atoms in total. The minimum atomic E-state index is -1.16. The summed E-state index contributed by atoms with van der Waals surface area (Å²) in [6.07, 6.45) is 3.28. The normalized spacial score (nSPS) is 11.5. The molecule has 0 spiro atoms. The van der Waals surface area contributed by atoms with Crippen LogP contribution in [0.1, 0.15) is 0 Å². The van der Waals surface area contributed by atoms with Crippen molar-refractivity contribution in [3.05, 3.63) is 36.8 Å². The maximum atomic E-state index is 5.99. The molecule has 7 heteroatoms. The Bertz CT molecular complexity index is 925. The zero-order valence-electron chi connectivity index (χ0n) is 15.6. The lowest BCUT2D eigenvalue weighted by molar-refractivity contribution is 0.329. The van der Waals surface area contributed by atoms with Crippen LogP contribution in [0.25, 0.3) is 22.0 Å². The Balaban J connectivity index is 1.94. The van der Waals surface area contributed by atoms with E-state index < -0.39 is 8.07 Å². The number of fused-ring (bicyclic) bond motifs is 1. The van der Waals surface area contributed by atoms with E-state index in [2.05, 4.69) is 34.6 Å². The monoisotopic (exact) mass is 368 g/mol. The summed E-state index contributed by atoms with van der Waals surface area (Å²) in [7, 11) is 0.391. The van der Waals surface area contributed by atoms with Crippen LogP contribution in [0.2, 0.25) is 25.7 Å². The zero-order valence-corrected chi connectivity index (χ0v) is 16.6. The number of hydrogen-bond acceptors (Lipinski definition) is 6. The van der Waals surface area contributed by atoms with Crippen LogP contribution in [0.4, 0.5) is 5.69 Å². The van der Waals surface area contributed by atoms with Gasteiger partial charge in [-0.2, -0.15) is 0 Å². The highest BCUT2D eigenvalue weighted by Gasteiger charge is 2.14. The van der Waals surface area contributed by atoms with E-state index in [4.69, 9.17) is 15.2 Å². The molecular formula is C19H24N4O2Si. The van der Waals surface area contributed by atoms with E-state index >= 15 is 0 Å². The Hall–Kier alpha value is -2.67. The van der Waals surface area contributed by atoms with Gasteiger partial charge in [-0.15, -0.1) is 0 Å². The summed E-state index contributed by atoms with van der Waals surface area (Å²) in [5.74, 6) is 1.04. The van der Waals surface area contributed by atoms with Gasteiger partial charge in [0.05, 0.1) is 30.3 Å². The first-order valence-electron chi connectivity index (χ1n) is 8.55. The third-order valence-electron chi connectivity index (χ3n) is 4.10. The number of nitrogens with two attached hydrogens (primary N) is 1. The molecule has 0 aliphatic carbocycles. The van der Waals surface area contributed by atoms with Gasteiger partial charge in [0.2, 0.25) is 11.8 Å². The Morgan fingerprint density at radius 1 is 1.00 bits per heavy atom. The molecule has 2 aromatic heterocycles. The van der Waals surface area contributed by atoms with Crippen LogP contribution >= 0.6 is 0 Å². The van der Waals surface area contributed by atoms with Crippen molar-refractivity contribution in [2.24, 2.45) is 0 Å². The van der Waals surface area contributed by atoms with Gasteiger partial charge in [0.25, 0.3) is 0 Å². The molecule has 3 aromatic rings. The summed E-state index contributed by atoms with van der Waals surface area (Å²) in [6, 6.07) is 8.89. The Morgan fingerprint density at radius 3 is 2.50 bits per heavy atom. The Morgan fingerprint density at radius 2 is 1.81 bits per heavy atom. The van der Waals surface area contributed by atoms with Gasteiger partial charge in [-0.1, -0.05) is 25.7 Å². The molecule has 1 aromatic carbocycles. The summed E-state index contributed by atoms with van der Waals surface area (Å²) < 4.78 is 11.1. The van der Waals surface area contributed by atoms with Crippen LogP contribution in [-0.2, 0) is 0 Å². The number of anilines is 1. The van der Waals surface area contributed by atoms with Gasteiger partial charge in [0.1, 0.15) is 6.33 Å². The van der Waals surface area contributed by atoms with Crippen LogP contribution in [0.3, 0.4) is 0 Å². The molecule has 0 amide bonds. The van der Waals surface area contributed by atoms with Crippen LogP contribution in [0.15, 0.2) is 36.8 Å². The first-order chi connectivity index (χ1) is 12.4. The molecule has 26 heavy (non-hydrogen) atoms. The van der Waals surface area contributed by atoms with E-state index in [1.807, 2.05) is 24.3 Å². The van der Waals surface area contributed by atoms with Crippen molar-refractivity contribution in [3.63, 3.8) is 0 Å². The van der Waals surface area contributed by atoms with Crippen molar-refractivity contribution >= 4 is 24.7 Å². The number of hydrogen-bond donors (Lipinski definition) is 1. The number of rotatable bonds is 6. The second-order valence-corrected chi connectivity index (χ2v) is 13.0. The average molecular weight is 369 g/mol. The fourth-order valence-electron chi connectivity index (χ4n) is 2.58. The van der Waals surface area contributed by atoms with Crippen LogP contribution < -0.4 is 15.2 Å². The van der Waals surface area contributed by atoms with E-state index in [-0.39, 0.29) is 0 Å². The number of methoxy groups -OCH3 is 1. The number of aromatic nitrogens is 3. The maximum Gasteiger partial charge on any atom is 0.236 e. The Labute approximate surface area is 154 Å². The Kier molecular flexibility index (Phi) is 5.08. The molecule has 0 saturated heterocycles. The molecule has 2 N–H and O–H groups in total. The molecule has 0 saturated carbocycles. The smallest absolute Gasteiger partial charge is 0.236 e. The van der Waals surface area contributed by atoms with E-state index in [1.54, 1.807) is 19.6 Å². The van der Waals surface area contributed by atoms with Crippen LogP contribution in [0.5, 0.6) is 11.8 Å². The highest BCUT2D eigenvalue weighted by atomic mass is 28.3. The maximum absolute atomic E-state index is 5.99. The summed E-state index contributed by atoms with van der Waals surface area (Å²) in [5.41, 5.74) is 9.22. The highest BCUT2D eigenvalue weighted by molar-refractivity contribution is 6.76. The fraction of sp³-hybridized carbons (Fsp3) is 0.316. The molecule has 0 fully saturated rings. The van der Waals surface area contributed by atoms with E-state index in [9.17, 15) is 0 Å². The van der Waals surface area contributed by atoms with Crippen LogP contribution in [-0.4, -0.2) is 36.7 Å². The number of benzene rings is 1. The van der Waals surface area contributed by atoms with E-state index in [0.717, 1.165) is 28.1 Å². The quantitative estimate of drug-likeness (QED) is 0.662. The lowest BCUT2D eigenvalue weighted by atomic mass is 10.0. The SMILES string of the molecule is COc1ncc(-c2ccc3ncnc(OCC[Si](C)(C)C)c3c2)cc1N. The molecule has 0 aliphatic rings. The average Bonchev–Trinajstić information content (AvgIpc) is 2.60. The number of ether oxygens (including phenoxy) is 2. The first kappa shape index (κ1) is 18.1. The zero-order chi connectivity index (χ0) is 18.7. The predicted octanol–water partition coefficient (Wildman–Crippen LogP) is 4.00. The summed E-state index contributed by atoms with van der Waals surface area (Å²) >= 11 is 0. The summed E-state index contributed by atoms with van der Waals surface area (Å²) in [5, 5.41) is 0.884. The molecule has 0 atom stereocenters. The molecule has 0 unspecified atom stereocenters. The molecule has 2 heterocycles. The predicted molar refractivity (Wildman–Crippen MR) is 107 cm³/mol. The van der Waals surface area contributed by atoms with Gasteiger partial charge in [-0.25, -0.2) is 15.0 Å². The summed E-state index contributed by atoms with van der Waals surface area (Å²) in [6.45, 7) is 7.65. The van der Waals surface area contributed by atoms with Gasteiger partial charge >= 0.3 is 0 Å². The molecule has 0 radical (unpaired) electrons. The topological polar surface area (TPSA) is 83.2 Å². The van der Waals surface area contributed by atoms with Crippen molar-refractivity contribution in [3.8, 4) is 22.9 Å². The second kappa shape index (κ2) is 7.29. The van der Waals surface area contributed by atoms with Gasteiger partial charge < -0.3 is 15.2 Å². The van der Waals surface area contributed by atoms with Crippen molar-refractivity contribution in [1.29, 1.82) is 0 Å². The number of pyridine rings is 1. The molecule has 0 aliphatic heterocycles. The van der Waals surface area contributed by atoms with Crippen LogP contribution in [0, 0.1) is 0 Å².